The number of nitrogens with one attached hydrogen (secondary N) is 2. The number of unbranched alkanes of at least 4 members (excludes halogenated alkanes) is 3. The summed E-state index contributed by atoms with van der Waals surface area (Å²) < 4.78 is 0.748. The van der Waals surface area contributed by atoms with Crippen molar-refractivity contribution in [3.8, 4) is 0 Å². The number of hydrogen-bond acceptors (Lipinski definition) is 4. The van der Waals surface area contributed by atoms with Crippen molar-refractivity contribution in [2.75, 3.05) is 12.0 Å². The average molecular weight is 315 g/mol. The van der Waals surface area contributed by atoms with Crippen LogP contribution in [0.5, 0.6) is 0 Å². The number of hydrazine groups is 1. The fourth-order valence-electron chi connectivity index (χ4n) is 1.58. The van der Waals surface area contributed by atoms with Gasteiger partial charge in [-0.1, -0.05) is 26.2 Å². The standard InChI is InChI=1S/C12H19BrN4O/c1-2-3-4-5-6-15-12(18)10-7-9(13)8-16-11(10)17-14/h7-8H,2-6,14H2,1H3,(H,15,18)(H,16,17). The number of aromatic nitrogens is 1. The number of rotatable bonds is 7. The first-order chi connectivity index (χ1) is 8.69. The molecule has 0 spiro atoms. The summed E-state index contributed by atoms with van der Waals surface area (Å²) in [6, 6.07) is 1.70. The van der Waals surface area contributed by atoms with E-state index in [0.29, 0.717) is 17.9 Å². The molecule has 0 aromatic carbocycles. The Bertz CT molecular complexity index is 398. The van der Waals surface area contributed by atoms with Crippen molar-refractivity contribution < 1.29 is 4.79 Å². The molecular formula is C12H19BrN4O. The molecule has 100 valence electrons. The van der Waals surface area contributed by atoms with Crippen LogP contribution in [0.2, 0.25) is 0 Å². The molecular weight excluding hydrogens is 296 g/mol. The van der Waals surface area contributed by atoms with Crippen LogP contribution in [0.1, 0.15) is 43.0 Å². The number of nitrogens with zero attached hydrogens (tertiary/aromatic N) is 1. The molecule has 1 aromatic heterocycles. The van der Waals surface area contributed by atoms with Gasteiger partial charge in [0.25, 0.3) is 5.91 Å². The number of carbonyl (C=O) groups excluding carboxylic acids is 1. The fraction of sp³-hybridized carbons (Fsp3) is 0.500. The van der Waals surface area contributed by atoms with Gasteiger partial charge in [-0.25, -0.2) is 10.8 Å². The highest BCUT2D eigenvalue weighted by atomic mass is 79.9. The van der Waals surface area contributed by atoms with Crippen molar-refractivity contribution in [1.29, 1.82) is 0 Å². The highest BCUT2D eigenvalue weighted by Gasteiger charge is 2.12. The van der Waals surface area contributed by atoms with Crippen molar-refractivity contribution in [3.63, 3.8) is 0 Å². The zero-order chi connectivity index (χ0) is 13.4. The smallest absolute Gasteiger partial charge is 0.255 e. The van der Waals surface area contributed by atoms with Crippen LogP contribution in [-0.4, -0.2) is 17.4 Å². The van der Waals surface area contributed by atoms with Gasteiger partial charge in [0.2, 0.25) is 0 Å². The highest BCUT2D eigenvalue weighted by molar-refractivity contribution is 9.10. The third-order valence-corrected chi connectivity index (χ3v) is 2.99. The van der Waals surface area contributed by atoms with Crippen molar-refractivity contribution in [3.05, 3.63) is 22.3 Å². The van der Waals surface area contributed by atoms with Gasteiger partial charge in [-0.05, 0) is 28.4 Å². The van der Waals surface area contributed by atoms with Crippen LogP contribution in [0.3, 0.4) is 0 Å². The second kappa shape index (κ2) is 8.05. The molecule has 0 unspecified atom stereocenters. The lowest BCUT2D eigenvalue weighted by molar-refractivity contribution is 0.0953. The van der Waals surface area contributed by atoms with E-state index < -0.39 is 0 Å². The quantitative estimate of drug-likeness (QED) is 0.410. The molecule has 1 amide bonds. The highest BCUT2D eigenvalue weighted by Crippen LogP contribution is 2.17. The van der Waals surface area contributed by atoms with E-state index in [2.05, 4.69) is 38.6 Å². The number of halogens is 1. The number of nitrogen functional groups attached to an aromatic ring is 1. The molecule has 0 fully saturated rings. The second-order valence-corrected chi connectivity index (χ2v) is 4.93. The first-order valence-electron chi connectivity index (χ1n) is 6.09. The van der Waals surface area contributed by atoms with Gasteiger partial charge in [0.1, 0.15) is 0 Å². The Hall–Kier alpha value is -1.14. The fourth-order valence-corrected chi connectivity index (χ4v) is 1.91. The van der Waals surface area contributed by atoms with Crippen LogP contribution >= 0.6 is 15.9 Å². The second-order valence-electron chi connectivity index (χ2n) is 4.01. The Kier molecular flexibility index (Phi) is 6.67. The molecule has 4 N–H and O–H groups in total. The van der Waals surface area contributed by atoms with Crippen molar-refractivity contribution in [2.45, 2.75) is 32.6 Å². The topological polar surface area (TPSA) is 80.0 Å². The van der Waals surface area contributed by atoms with E-state index in [1.54, 1.807) is 12.3 Å². The lowest BCUT2D eigenvalue weighted by Crippen LogP contribution is -2.26. The number of nitrogens with two attached hydrogens (primary N) is 1. The lowest BCUT2D eigenvalue weighted by Gasteiger charge is -2.09. The van der Waals surface area contributed by atoms with Gasteiger partial charge in [-0.15, -0.1) is 0 Å². The minimum atomic E-state index is -0.159. The molecule has 0 aliphatic heterocycles. The number of carbonyl (C=O) groups is 1. The van der Waals surface area contributed by atoms with E-state index in [-0.39, 0.29) is 5.91 Å². The molecule has 0 saturated heterocycles. The minimum absolute atomic E-state index is 0.159. The largest absolute Gasteiger partial charge is 0.352 e. The van der Waals surface area contributed by atoms with Gasteiger partial charge in [-0.2, -0.15) is 0 Å². The maximum Gasteiger partial charge on any atom is 0.255 e. The summed E-state index contributed by atoms with van der Waals surface area (Å²) in [5.41, 5.74) is 2.87. The monoisotopic (exact) mass is 314 g/mol. The number of anilines is 1. The Balaban J connectivity index is 2.52. The van der Waals surface area contributed by atoms with Crippen LogP contribution in [0.15, 0.2) is 16.7 Å². The van der Waals surface area contributed by atoms with E-state index in [0.717, 1.165) is 17.3 Å². The van der Waals surface area contributed by atoms with E-state index in [9.17, 15) is 4.79 Å². The number of hydrogen-bond donors (Lipinski definition) is 3. The average Bonchev–Trinajstić information content (AvgIpc) is 2.38. The normalized spacial score (nSPS) is 10.2. The third kappa shape index (κ3) is 4.62. The maximum atomic E-state index is 11.9. The van der Waals surface area contributed by atoms with Crippen LogP contribution in [-0.2, 0) is 0 Å². The molecule has 0 radical (unpaired) electrons. The molecule has 0 aliphatic rings. The van der Waals surface area contributed by atoms with Crippen LogP contribution in [0.4, 0.5) is 5.82 Å². The van der Waals surface area contributed by atoms with E-state index in [4.69, 9.17) is 5.84 Å². The summed E-state index contributed by atoms with van der Waals surface area (Å²) >= 11 is 3.29. The summed E-state index contributed by atoms with van der Waals surface area (Å²) in [4.78, 5) is 16.0. The molecule has 6 heteroatoms. The van der Waals surface area contributed by atoms with Crippen molar-refractivity contribution >= 4 is 27.7 Å². The molecule has 0 bridgehead atoms. The van der Waals surface area contributed by atoms with Gasteiger partial charge >= 0.3 is 0 Å². The van der Waals surface area contributed by atoms with Crippen LogP contribution in [0.25, 0.3) is 0 Å². The lowest BCUT2D eigenvalue weighted by atomic mass is 10.2. The molecule has 1 heterocycles. The zero-order valence-corrected chi connectivity index (χ0v) is 12.1. The summed E-state index contributed by atoms with van der Waals surface area (Å²) in [7, 11) is 0. The summed E-state index contributed by atoms with van der Waals surface area (Å²) in [5.74, 6) is 5.54. The third-order valence-electron chi connectivity index (χ3n) is 2.55. The number of amides is 1. The summed E-state index contributed by atoms with van der Waals surface area (Å²) in [6.07, 6.45) is 6.10. The van der Waals surface area contributed by atoms with Gasteiger partial charge in [0.15, 0.2) is 5.82 Å². The number of pyridine rings is 1. The Morgan fingerprint density at radius 3 is 2.89 bits per heavy atom. The van der Waals surface area contributed by atoms with Crippen molar-refractivity contribution in [1.82, 2.24) is 10.3 Å². The SMILES string of the molecule is CCCCCCNC(=O)c1cc(Br)cnc1NN. The van der Waals surface area contributed by atoms with Gasteiger partial charge in [0, 0.05) is 17.2 Å². The molecule has 1 aromatic rings. The molecule has 18 heavy (non-hydrogen) atoms. The predicted octanol–water partition coefficient (Wildman–Crippen LogP) is 2.44. The van der Waals surface area contributed by atoms with Crippen LogP contribution in [0, 0.1) is 0 Å². The maximum absolute atomic E-state index is 11.9. The first kappa shape index (κ1) is 14.9. The van der Waals surface area contributed by atoms with E-state index in [1.165, 1.54) is 12.8 Å². The molecule has 5 nitrogen and oxygen atoms in total. The Labute approximate surface area is 116 Å². The van der Waals surface area contributed by atoms with Gasteiger partial charge in [-0.3, -0.25) is 4.79 Å². The van der Waals surface area contributed by atoms with Crippen molar-refractivity contribution in [2.24, 2.45) is 5.84 Å². The van der Waals surface area contributed by atoms with E-state index in [1.807, 2.05) is 0 Å². The summed E-state index contributed by atoms with van der Waals surface area (Å²) in [6.45, 7) is 2.83. The Morgan fingerprint density at radius 2 is 2.22 bits per heavy atom. The minimum Gasteiger partial charge on any atom is -0.352 e. The molecule has 1 rings (SSSR count). The van der Waals surface area contributed by atoms with E-state index >= 15 is 0 Å². The van der Waals surface area contributed by atoms with Gasteiger partial charge < -0.3 is 10.7 Å². The molecule has 0 atom stereocenters. The first-order valence-corrected chi connectivity index (χ1v) is 6.88. The molecule has 0 saturated carbocycles. The zero-order valence-electron chi connectivity index (χ0n) is 10.5. The van der Waals surface area contributed by atoms with Crippen LogP contribution < -0.4 is 16.6 Å². The van der Waals surface area contributed by atoms with Gasteiger partial charge in [0.05, 0.1) is 5.56 Å². The predicted molar refractivity (Wildman–Crippen MR) is 76.2 cm³/mol. The Morgan fingerprint density at radius 1 is 1.44 bits per heavy atom. The summed E-state index contributed by atoms with van der Waals surface area (Å²) in [5, 5.41) is 2.86. The molecule has 0 aliphatic carbocycles.